The summed E-state index contributed by atoms with van der Waals surface area (Å²) in [4.78, 5) is 21.0. The minimum absolute atomic E-state index is 0.0349. The van der Waals surface area contributed by atoms with Gasteiger partial charge in [-0.25, -0.2) is 4.98 Å². The van der Waals surface area contributed by atoms with E-state index < -0.39 is 0 Å². The lowest BCUT2D eigenvalue weighted by molar-refractivity contribution is 0.0620. The second-order valence-electron chi connectivity index (χ2n) is 5.82. The van der Waals surface area contributed by atoms with Crippen molar-refractivity contribution in [1.82, 2.24) is 24.6 Å². The Morgan fingerprint density at radius 2 is 2.09 bits per heavy atom. The van der Waals surface area contributed by atoms with Crippen molar-refractivity contribution in [3.63, 3.8) is 0 Å². The molecule has 1 saturated heterocycles. The fraction of sp³-hybridized carbons (Fsp3) is 0.533. The Bertz CT molecular complexity index is 614. The maximum absolute atomic E-state index is 12.5. The summed E-state index contributed by atoms with van der Waals surface area (Å²) in [6.07, 6.45) is 1.87. The van der Waals surface area contributed by atoms with Crippen LogP contribution in [0.2, 0.25) is 0 Å². The monoisotopic (exact) mass is 319 g/mol. The van der Waals surface area contributed by atoms with E-state index in [1.807, 2.05) is 27.4 Å². The summed E-state index contributed by atoms with van der Waals surface area (Å²) >= 11 is 1.62. The van der Waals surface area contributed by atoms with Gasteiger partial charge in [-0.1, -0.05) is 0 Å². The molecule has 1 fully saturated rings. The van der Waals surface area contributed by atoms with Crippen LogP contribution in [0.25, 0.3) is 0 Å². The number of carbonyl (C=O) groups excluding carboxylic acids is 1. The van der Waals surface area contributed by atoms with Crippen LogP contribution in [0.5, 0.6) is 0 Å². The van der Waals surface area contributed by atoms with Gasteiger partial charge >= 0.3 is 0 Å². The zero-order valence-corrected chi connectivity index (χ0v) is 13.8. The molecule has 0 spiro atoms. The number of hydrogen-bond acceptors (Lipinski definition) is 5. The van der Waals surface area contributed by atoms with Gasteiger partial charge in [0.05, 0.1) is 11.2 Å². The third-order valence-corrected chi connectivity index (χ3v) is 4.52. The average Bonchev–Trinajstić information content (AvgIpc) is 3.18. The minimum Gasteiger partial charge on any atom is -0.335 e. The molecule has 0 unspecified atom stereocenters. The number of hydrogen-bond donors (Lipinski definition) is 0. The van der Waals surface area contributed by atoms with E-state index in [0.29, 0.717) is 5.69 Å². The number of carbonyl (C=O) groups is 1. The lowest BCUT2D eigenvalue weighted by Crippen LogP contribution is -2.48. The van der Waals surface area contributed by atoms with Crippen LogP contribution in [0, 0.1) is 0 Å². The van der Waals surface area contributed by atoms with Crippen LogP contribution in [0.15, 0.2) is 23.2 Å². The van der Waals surface area contributed by atoms with Gasteiger partial charge in [0.25, 0.3) is 5.91 Å². The fourth-order valence-corrected chi connectivity index (χ4v) is 3.11. The fourth-order valence-electron chi connectivity index (χ4n) is 2.56. The Morgan fingerprint density at radius 3 is 2.68 bits per heavy atom. The van der Waals surface area contributed by atoms with Crippen LogP contribution >= 0.6 is 11.3 Å². The highest BCUT2D eigenvalue weighted by molar-refractivity contribution is 7.07. The molecule has 3 rings (SSSR count). The van der Waals surface area contributed by atoms with Gasteiger partial charge in [0.2, 0.25) is 0 Å². The molecule has 0 saturated carbocycles. The van der Waals surface area contributed by atoms with Gasteiger partial charge in [0.1, 0.15) is 5.69 Å². The minimum atomic E-state index is 0.0349. The van der Waals surface area contributed by atoms with E-state index in [-0.39, 0.29) is 11.9 Å². The molecule has 0 bridgehead atoms. The summed E-state index contributed by atoms with van der Waals surface area (Å²) in [5.41, 5.74) is 3.52. The summed E-state index contributed by atoms with van der Waals surface area (Å²) in [6, 6.07) is 2.08. The summed E-state index contributed by atoms with van der Waals surface area (Å²) in [5, 5.41) is 6.45. The van der Waals surface area contributed by atoms with Gasteiger partial charge in [0, 0.05) is 50.3 Å². The Morgan fingerprint density at radius 1 is 1.32 bits per heavy atom. The van der Waals surface area contributed by atoms with Crippen LogP contribution in [-0.2, 0) is 6.54 Å². The zero-order valence-electron chi connectivity index (χ0n) is 13.0. The first-order valence-electron chi connectivity index (χ1n) is 7.57. The third kappa shape index (κ3) is 3.36. The number of aromatic nitrogens is 3. The number of rotatable bonds is 4. The van der Waals surface area contributed by atoms with Crippen molar-refractivity contribution in [2.75, 3.05) is 26.2 Å². The molecule has 0 N–H and O–H groups in total. The quantitative estimate of drug-likeness (QED) is 0.863. The van der Waals surface area contributed by atoms with Crippen LogP contribution in [0.4, 0.5) is 0 Å². The Hall–Kier alpha value is -1.73. The molecule has 1 aliphatic rings. The van der Waals surface area contributed by atoms with Crippen molar-refractivity contribution >= 4 is 17.2 Å². The lowest BCUT2D eigenvalue weighted by atomic mass is 10.2. The van der Waals surface area contributed by atoms with E-state index >= 15 is 0 Å². The predicted molar refractivity (Wildman–Crippen MR) is 85.9 cm³/mol. The normalized spacial score (nSPS) is 16.4. The van der Waals surface area contributed by atoms with Crippen molar-refractivity contribution in [2.45, 2.75) is 26.4 Å². The van der Waals surface area contributed by atoms with Gasteiger partial charge < -0.3 is 4.90 Å². The lowest BCUT2D eigenvalue weighted by Gasteiger charge is -2.34. The zero-order chi connectivity index (χ0) is 15.5. The molecule has 2 aromatic heterocycles. The molecule has 1 aliphatic heterocycles. The van der Waals surface area contributed by atoms with E-state index in [2.05, 4.69) is 34.2 Å². The van der Waals surface area contributed by atoms with Crippen LogP contribution < -0.4 is 0 Å². The molecule has 7 heteroatoms. The molecule has 0 aliphatic carbocycles. The SMILES string of the molecule is CC(C)n1ccc(C(=O)N2CCN(Cc3cscn3)CC2)n1. The first kappa shape index (κ1) is 15.2. The Kier molecular flexibility index (Phi) is 4.54. The standard InChI is InChI=1S/C15H21N5OS/c1-12(2)20-4-3-14(17-20)15(21)19-7-5-18(6-8-19)9-13-10-22-11-16-13/h3-4,10-12H,5-9H2,1-2H3. The molecule has 118 valence electrons. The van der Waals surface area contributed by atoms with E-state index in [4.69, 9.17) is 0 Å². The first-order valence-corrected chi connectivity index (χ1v) is 8.51. The van der Waals surface area contributed by atoms with Gasteiger partial charge in [-0.05, 0) is 19.9 Å². The largest absolute Gasteiger partial charge is 0.335 e. The first-order chi connectivity index (χ1) is 10.6. The summed E-state index contributed by atoms with van der Waals surface area (Å²) in [7, 11) is 0. The van der Waals surface area contributed by atoms with Crippen molar-refractivity contribution in [3.05, 3.63) is 34.5 Å². The molecule has 6 nitrogen and oxygen atoms in total. The number of amides is 1. The smallest absolute Gasteiger partial charge is 0.274 e. The molecular weight excluding hydrogens is 298 g/mol. The molecule has 2 aromatic rings. The van der Waals surface area contributed by atoms with Crippen LogP contribution in [-0.4, -0.2) is 56.7 Å². The van der Waals surface area contributed by atoms with E-state index in [1.165, 1.54) is 0 Å². The number of piperazine rings is 1. The third-order valence-electron chi connectivity index (χ3n) is 3.89. The summed E-state index contributed by atoms with van der Waals surface area (Å²) in [6.45, 7) is 8.24. The highest BCUT2D eigenvalue weighted by atomic mass is 32.1. The van der Waals surface area contributed by atoms with Gasteiger partial charge in [0.15, 0.2) is 0 Å². The van der Waals surface area contributed by atoms with Gasteiger partial charge in [-0.3, -0.25) is 14.4 Å². The number of thiazole rings is 1. The van der Waals surface area contributed by atoms with E-state index in [0.717, 1.165) is 38.4 Å². The molecule has 0 radical (unpaired) electrons. The van der Waals surface area contributed by atoms with Crippen molar-refractivity contribution < 1.29 is 4.79 Å². The summed E-state index contributed by atoms with van der Waals surface area (Å²) < 4.78 is 1.83. The maximum Gasteiger partial charge on any atom is 0.274 e. The molecule has 0 atom stereocenters. The highest BCUT2D eigenvalue weighted by Crippen LogP contribution is 2.12. The maximum atomic E-state index is 12.5. The van der Waals surface area contributed by atoms with E-state index in [9.17, 15) is 4.79 Å². The Labute approximate surface area is 134 Å². The molecule has 22 heavy (non-hydrogen) atoms. The van der Waals surface area contributed by atoms with Gasteiger partial charge in [-0.2, -0.15) is 5.10 Å². The molecule has 1 amide bonds. The van der Waals surface area contributed by atoms with Crippen molar-refractivity contribution in [3.8, 4) is 0 Å². The summed E-state index contributed by atoms with van der Waals surface area (Å²) in [5.74, 6) is 0.0349. The van der Waals surface area contributed by atoms with Crippen LogP contribution in [0.3, 0.4) is 0 Å². The van der Waals surface area contributed by atoms with Gasteiger partial charge in [-0.15, -0.1) is 11.3 Å². The van der Waals surface area contributed by atoms with E-state index in [1.54, 1.807) is 11.3 Å². The average molecular weight is 319 g/mol. The predicted octanol–water partition coefficient (Wildman–Crippen LogP) is 1.88. The van der Waals surface area contributed by atoms with Crippen molar-refractivity contribution in [1.29, 1.82) is 0 Å². The van der Waals surface area contributed by atoms with Crippen LogP contribution in [0.1, 0.15) is 36.1 Å². The molecular formula is C15H21N5OS. The molecule has 3 heterocycles. The Balaban J connectivity index is 1.55. The molecule has 0 aromatic carbocycles. The highest BCUT2D eigenvalue weighted by Gasteiger charge is 2.24. The van der Waals surface area contributed by atoms with Crippen molar-refractivity contribution in [2.24, 2.45) is 0 Å². The topological polar surface area (TPSA) is 54.3 Å². The second kappa shape index (κ2) is 6.58. The second-order valence-corrected chi connectivity index (χ2v) is 6.54. The number of nitrogens with zero attached hydrogens (tertiary/aromatic N) is 5.